The Balaban J connectivity index is 1.73. The number of nitrogens with zero attached hydrogens (tertiary/aromatic N) is 2. The lowest BCUT2D eigenvalue weighted by Gasteiger charge is -2.35. The quantitative estimate of drug-likeness (QED) is 0.905. The lowest BCUT2D eigenvalue weighted by Crippen LogP contribution is -2.47. The van der Waals surface area contributed by atoms with E-state index in [1.165, 1.54) is 56.7 Å². The van der Waals surface area contributed by atoms with E-state index in [1.807, 2.05) is 0 Å². The molecule has 0 radical (unpaired) electrons. The van der Waals surface area contributed by atoms with E-state index in [4.69, 9.17) is 0 Å². The molecule has 2 heterocycles. The molecule has 1 N–H and O–H groups in total. The highest BCUT2D eigenvalue weighted by Gasteiger charge is 2.25. The van der Waals surface area contributed by atoms with Gasteiger partial charge < -0.3 is 5.32 Å². The molecule has 110 valence electrons. The van der Waals surface area contributed by atoms with Crippen LogP contribution >= 0.6 is 0 Å². The zero-order chi connectivity index (χ0) is 13.8. The second-order valence-electron chi connectivity index (χ2n) is 6.22. The van der Waals surface area contributed by atoms with E-state index in [9.17, 15) is 0 Å². The van der Waals surface area contributed by atoms with E-state index < -0.39 is 0 Å². The maximum atomic E-state index is 3.45. The Morgan fingerprint density at radius 3 is 2.30 bits per heavy atom. The molecule has 0 aromatic heterocycles. The summed E-state index contributed by atoms with van der Waals surface area (Å²) in [5.41, 5.74) is 2.85. The standard InChI is InChI=1S/C17H27N3/c1-15-4-6-16(7-5-15)17(20-10-2-3-11-20)14-19-12-8-18-9-13-19/h4-7,17-18H,2-3,8-14H2,1H3. The van der Waals surface area contributed by atoms with Crippen LogP contribution in [0.2, 0.25) is 0 Å². The molecule has 2 aliphatic rings. The molecule has 3 rings (SSSR count). The Labute approximate surface area is 123 Å². The fraction of sp³-hybridized carbons (Fsp3) is 0.647. The molecular weight excluding hydrogens is 246 g/mol. The van der Waals surface area contributed by atoms with Crippen molar-refractivity contribution in [2.75, 3.05) is 45.8 Å². The Morgan fingerprint density at radius 1 is 1.00 bits per heavy atom. The molecule has 0 spiro atoms. The molecule has 3 heteroatoms. The molecule has 2 saturated heterocycles. The van der Waals surface area contributed by atoms with Crippen molar-refractivity contribution in [2.45, 2.75) is 25.8 Å². The van der Waals surface area contributed by atoms with Gasteiger partial charge in [-0.2, -0.15) is 0 Å². The van der Waals surface area contributed by atoms with Crippen LogP contribution in [-0.2, 0) is 0 Å². The predicted molar refractivity (Wildman–Crippen MR) is 84.0 cm³/mol. The Hall–Kier alpha value is -0.900. The van der Waals surface area contributed by atoms with Gasteiger partial charge in [0.05, 0.1) is 0 Å². The van der Waals surface area contributed by atoms with Crippen molar-refractivity contribution in [3.8, 4) is 0 Å². The summed E-state index contributed by atoms with van der Waals surface area (Å²) in [5.74, 6) is 0. The van der Waals surface area contributed by atoms with E-state index >= 15 is 0 Å². The van der Waals surface area contributed by atoms with Gasteiger partial charge in [0, 0.05) is 38.8 Å². The van der Waals surface area contributed by atoms with Crippen LogP contribution in [0.25, 0.3) is 0 Å². The topological polar surface area (TPSA) is 18.5 Å². The summed E-state index contributed by atoms with van der Waals surface area (Å²) in [7, 11) is 0. The summed E-state index contributed by atoms with van der Waals surface area (Å²) in [6.07, 6.45) is 2.73. The Kier molecular flexibility index (Phi) is 4.71. The molecule has 2 fully saturated rings. The van der Waals surface area contributed by atoms with Crippen LogP contribution in [0.5, 0.6) is 0 Å². The highest BCUT2D eigenvalue weighted by atomic mass is 15.2. The van der Waals surface area contributed by atoms with Crippen LogP contribution < -0.4 is 5.32 Å². The fourth-order valence-electron chi connectivity index (χ4n) is 3.41. The zero-order valence-corrected chi connectivity index (χ0v) is 12.6. The lowest BCUT2D eigenvalue weighted by molar-refractivity contribution is 0.150. The fourth-order valence-corrected chi connectivity index (χ4v) is 3.41. The SMILES string of the molecule is Cc1ccc(C(CN2CCNCC2)N2CCCC2)cc1. The molecule has 0 aliphatic carbocycles. The first kappa shape index (κ1) is 14.1. The Bertz CT molecular complexity index is 403. The van der Waals surface area contributed by atoms with Crippen molar-refractivity contribution >= 4 is 0 Å². The van der Waals surface area contributed by atoms with Crippen molar-refractivity contribution in [3.05, 3.63) is 35.4 Å². The van der Waals surface area contributed by atoms with Gasteiger partial charge in [-0.05, 0) is 38.4 Å². The molecular formula is C17H27N3. The van der Waals surface area contributed by atoms with E-state index in [1.54, 1.807) is 0 Å². The number of rotatable bonds is 4. The van der Waals surface area contributed by atoms with Gasteiger partial charge in [0.15, 0.2) is 0 Å². The van der Waals surface area contributed by atoms with Crippen LogP contribution in [0.3, 0.4) is 0 Å². The normalized spacial score (nSPS) is 23.1. The molecule has 1 aromatic carbocycles. The molecule has 2 aliphatic heterocycles. The third-order valence-electron chi connectivity index (χ3n) is 4.68. The summed E-state index contributed by atoms with van der Waals surface area (Å²) in [6.45, 7) is 10.6. The summed E-state index contributed by atoms with van der Waals surface area (Å²) in [5, 5.41) is 3.45. The van der Waals surface area contributed by atoms with Crippen molar-refractivity contribution < 1.29 is 0 Å². The minimum atomic E-state index is 0.580. The monoisotopic (exact) mass is 273 g/mol. The third kappa shape index (κ3) is 3.40. The van der Waals surface area contributed by atoms with Crippen molar-refractivity contribution in [1.29, 1.82) is 0 Å². The van der Waals surface area contributed by atoms with Crippen LogP contribution in [0.15, 0.2) is 24.3 Å². The minimum Gasteiger partial charge on any atom is -0.314 e. The minimum absolute atomic E-state index is 0.580. The smallest absolute Gasteiger partial charge is 0.0475 e. The van der Waals surface area contributed by atoms with Crippen LogP contribution in [0.1, 0.15) is 30.0 Å². The van der Waals surface area contributed by atoms with Crippen LogP contribution in [0.4, 0.5) is 0 Å². The number of piperazine rings is 1. The van der Waals surface area contributed by atoms with Gasteiger partial charge in [-0.15, -0.1) is 0 Å². The van der Waals surface area contributed by atoms with Gasteiger partial charge in [0.25, 0.3) is 0 Å². The van der Waals surface area contributed by atoms with Gasteiger partial charge >= 0.3 is 0 Å². The molecule has 3 nitrogen and oxygen atoms in total. The molecule has 1 unspecified atom stereocenters. The first-order valence-corrected chi connectivity index (χ1v) is 8.06. The second kappa shape index (κ2) is 6.70. The number of aryl methyl sites for hydroxylation is 1. The maximum absolute atomic E-state index is 3.45. The molecule has 1 atom stereocenters. The average Bonchev–Trinajstić information content (AvgIpc) is 3.01. The van der Waals surface area contributed by atoms with Gasteiger partial charge in [0.2, 0.25) is 0 Å². The second-order valence-corrected chi connectivity index (χ2v) is 6.22. The first-order chi connectivity index (χ1) is 9.83. The highest BCUT2D eigenvalue weighted by Crippen LogP contribution is 2.26. The molecule has 20 heavy (non-hydrogen) atoms. The van der Waals surface area contributed by atoms with E-state index in [2.05, 4.69) is 46.3 Å². The zero-order valence-electron chi connectivity index (χ0n) is 12.6. The maximum Gasteiger partial charge on any atom is 0.0475 e. The van der Waals surface area contributed by atoms with Gasteiger partial charge in [-0.25, -0.2) is 0 Å². The largest absolute Gasteiger partial charge is 0.314 e. The lowest BCUT2D eigenvalue weighted by atomic mass is 10.0. The third-order valence-corrected chi connectivity index (χ3v) is 4.68. The Morgan fingerprint density at radius 2 is 1.65 bits per heavy atom. The summed E-state index contributed by atoms with van der Waals surface area (Å²) < 4.78 is 0. The summed E-state index contributed by atoms with van der Waals surface area (Å²) in [6, 6.07) is 9.77. The van der Waals surface area contributed by atoms with Gasteiger partial charge in [-0.1, -0.05) is 29.8 Å². The number of hydrogen-bond donors (Lipinski definition) is 1. The van der Waals surface area contributed by atoms with E-state index in [0.717, 1.165) is 13.1 Å². The van der Waals surface area contributed by atoms with Crippen LogP contribution in [-0.4, -0.2) is 55.6 Å². The molecule has 0 saturated carbocycles. The van der Waals surface area contributed by atoms with E-state index in [-0.39, 0.29) is 0 Å². The summed E-state index contributed by atoms with van der Waals surface area (Å²) >= 11 is 0. The van der Waals surface area contributed by atoms with E-state index in [0.29, 0.717) is 6.04 Å². The first-order valence-electron chi connectivity index (χ1n) is 8.06. The van der Waals surface area contributed by atoms with Gasteiger partial charge in [0.1, 0.15) is 0 Å². The average molecular weight is 273 g/mol. The van der Waals surface area contributed by atoms with Crippen molar-refractivity contribution in [1.82, 2.24) is 15.1 Å². The molecule has 0 amide bonds. The van der Waals surface area contributed by atoms with Crippen molar-refractivity contribution in [2.24, 2.45) is 0 Å². The predicted octanol–water partition coefficient (Wildman–Crippen LogP) is 2.04. The van der Waals surface area contributed by atoms with Crippen LogP contribution in [0, 0.1) is 6.92 Å². The van der Waals surface area contributed by atoms with Gasteiger partial charge in [-0.3, -0.25) is 9.80 Å². The molecule has 0 bridgehead atoms. The summed E-state index contributed by atoms with van der Waals surface area (Å²) in [4.78, 5) is 5.31. The van der Waals surface area contributed by atoms with Crippen molar-refractivity contribution in [3.63, 3.8) is 0 Å². The highest BCUT2D eigenvalue weighted by molar-refractivity contribution is 5.24. The number of benzene rings is 1. The number of likely N-dealkylation sites (tertiary alicyclic amines) is 1. The molecule has 1 aromatic rings. The number of hydrogen-bond acceptors (Lipinski definition) is 3. The number of nitrogens with one attached hydrogen (secondary N) is 1.